The summed E-state index contributed by atoms with van der Waals surface area (Å²) in [6, 6.07) is 8.64. The molecule has 1 aromatic heterocycles. The topological polar surface area (TPSA) is 51.8 Å². The number of aromatic nitrogens is 2. The Morgan fingerprint density at radius 3 is 2.84 bits per heavy atom. The second-order valence-corrected chi connectivity index (χ2v) is 5.38. The molecular formula is C14H16FN3S. The molecule has 3 nitrogen and oxygen atoms in total. The van der Waals surface area contributed by atoms with E-state index in [-0.39, 0.29) is 11.9 Å². The second-order valence-electron chi connectivity index (χ2n) is 4.36. The lowest BCUT2D eigenvalue weighted by Crippen LogP contribution is -2.18. The van der Waals surface area contributed by atoms with Crippen molar-refractivity contribution in [3.63, 3.8) is 0 Å². The van der Waals surface area contributed by atoms with Crippen LogP contribution in [0.1, 0.15) is 18.4 Å². The fourth-order valence-electron chi connectivity index (χ4n) is 1.66. The van der Waals surface area contributed by atoms with E-state index in [2.05, 4.69) is 9.97 Å². The van der Waals surface area contributed by atoms with Crippen LogP contribution in [-0.4, -0.2) is 16.0 Å². The maximum absolute atomic E-state index is 13.5. The summed E-state index contributed by atoms with van der Waals surface area (Å²) in [5.41, 5.74) is 6.67. The van der Waals surface area contributed by atoms with Crippen molar-refractivity contribution in [1.82, 2.24) is 9.97 Å². The zero-order valence-corrected chi connectivity index (χ0v) is 11.5. The van der Waals surface area contributed by atoms with Crippen LogP contribution in [0.5, 0.6) is 0 Å². The van der Waals surface area contributed by atoms with E-state index in [1.165, 1.54) is 17.8 Å². The van der Waals surface area contributed by atoms with Crippen LogP contribution in [0.4, 0.5) is 4.39 Å². The quantitative estimate of drug-likeness (QED) is 0.854. The highest BCUT2D eigenvalue weighted by molar-refractivity contribution is 7.98. The molecule has 0 aliphatic carbocycles. The summed E-state index contributed by atoms with van der Waals surface area (Å²) in [5.74, 6) is 1.04. The van der Waals surface area contributed by atoms with Crippen LogP contribution in [0.3, 0.4) is 0 Å². The molecule has 0 aliphatic heterocycles. The van der Waals surface area contributed by atoms with Gasteiger partial charge < -0.3 is 5.73 Å². The number of halogens is 1. The number of hydrogen-bond donors (Lipinski definition) is 1. The molecule has 0 radical (unpaired) electrons. The van der Waals surface area contributed by atoms with Gasteiger partial charge in [0, 0.05) is 29.2 Å². The molecule has 2 rings (SSSR count). The molecule has 2 aromatic rings. The molecule has 5 heteroatoms. The van der Waals surface area contributed by atoms with E-state index in [9.17, 15) is 4.39 Å². The molecule has 1 atom stereocenters. The summed E-state index contributed by atoms with van der Waals surface area (Å²) < 4.78 is 13.5. The van der Waals surface area contributed by atoms with Crippen molar-refractivity contribution in [3.8, 4) is 0 Å². The molecule has 100 valence electrons. The fourth-order valence-corrected chi connectivity index (χ4v) is 2.46. The molecular weight excluding hydrogens is 261 g/mol. The van der Waals surface area contributed by atoms with Crippen molar-refractivity contribution in [2.45, 2.75) is 30.0 Å². The normalized spacial score (nSPS) is 12.4. The Balaban J connectivity index is 2.02. The van der Waals surface area contributed by atoms with Crippen LogP contribution in [-0.2, 0) is 12.2 Å². The Bertz CT molecular complexity index is 546. The predicted molar refractivity (Wildman–Crippen MR) is 75.3 cm³/mol. The SMILES string of the molecule is CC(N)Cc1ccnc(CSc2ccccc2F)n1. The van der Waals surface area contributed by atoms with Crippen LogP contribution in [0.15, 0.2) is 41.4 Å². The number of rotatable bonds is 5. The van der Waals surface area contributed by atoms with Gasteiger partial charge in [0.15, 0.2) is 0 Å². The van der Waals surface area contributed by atoms with Crippen molar-refractivity contribution in [1.29, 1.82) is 0 Å². The fraction of sp³-hybridized carbons (Fsp3) is 0.286. The van der Waals surface area contributed by atoms with Crippen LogP contribution >= 0.6 is 11.8 Å². The smallest absolute Gasteiger partial charge is 0.138 e. The lowest BCUT2D eigenvalue weighted by Gasteiger charge is -2.06. The number of benzene rings is 1. The van der Waals surface area contributed by atoms with Gasteiger partial charge in [-0.3, -0.25) is 0 Å². The van der Waals surface area contributed by atoms with E-state index in [0.29, 0.717) is 16.5 Å². The van der Waals surface area contributed by atoms with Crippen LogP contribution in [0.2, 0.25) is 0 Å². The average molecular weight is 277 g/mol. The van der Waals surface area contributed by atoms with Gasteiger partial charge in [-0.1, -0.05) is 12.1 Å². The van der Waals surface area contributed by atoms with E-state index in [0.717, 1.165) is 12.1 Å². The summed E-state index contributed by atoms with van der Waals surface area (Å²) in [4.78, 5) is 9.23. The first-order valence-electron chi connectivity index (χ1n) is 6.09. The maximum atomic E-state index is 13.5. The third-order valence-corrected chi connectivity index (χ3v) is 3.53. The first kappa shape index (κ1) is 14.0. The van der Waals surface area contributed by atoms with Crippen molar-refractivity contribution in [3.05, 3.63) is 53.9 Å². The third-order valence-electron chi connectivity index (χ3n) is 2.49. The van der Waals surface area contributed by atoms with Gasteiger partial charge in [0.2, 0.25) is 0 Å². The highest BCUT2D eigenvalue weighted by Gasteiger charge is 2.05. The first-order chi connectivity index (χ1) is 9.15. The van der Waals surface area contributed by atoms with Gasteiger partial charge in [0.25, 0.3) is 0 Å². The van der Waals surface area contributed by atoms with Crippen molar-refractivity contribution >= 4 is 11.8 Å². The zero-order chi connectivity index (χ0) is 13.7. The molecule has 0 spiro atoms. The predicted octanol–water partition coefficient (Wildman–Crippen LogP) is 2.80. The summed E-state index contributed by atoms with van der Waals surface area (Å²) in [6.07, 6.45) is 2.45. The summed E-state index contributed by atoms with van der Waals surface area (Å²) in [5, 5.41) is 0. The molecule has 0 bridgehead atoms. The molecule has 0 saturated carbocycles. The van der Waals surface area contributed by atoms with Gasteiger partial charge in [-0.2, -0.15) is 0 Å². The minimum atomic E-state index is -0.209. The van der Waals surface area contributed by atoms with E-state index < -0.39 is 0 Å². The van der Waals surface area contributed by atoms with E-state index in [1.54, 1.807) is 18.3 Å². The largest absolute Gasteiger partial charge is 0.328 e. The number of nitrogens with zero attached hydrogens (tertiary/aromatic N) is 2. The summed E-state index contributed by atoms with van der Waals surface area (Å²) >= 11 is 1.40. The molecule has 0 amide bonds. The van der Waals surface area contributed by atoms with E-state index in [4.69, 9.17) is 5.73 Å². The van der Waals surface area contributed by atoms with Crippen LogP contribution in [0, 0.1) is 5.82 Å². The molecule has 2 N–H and O–H groups in total. The zero-order valence-electron chi connectivity index (χ0n) is 10.7. The van der Waals surface area contributed by atoms with Gasteiger partial charge in [-0.25, -0.2) is 14.4 Å². The van der Waals surface area contributed by atoms with Gasteiger partial charge in [-0.05, 0) is 25.1 Å². The molecule has 1 unspecified atom stereocenters. The van der Waals surface area contributed by atoms with Gasteiger partial charge in [-0.15, -0.1) is 11.8 Å². The Morgan fingerprint density at radius 2 is 2.11 bits per heavy atom. The minimum Gasteiger partial charge on any atom is -0.328 e. The molecule has 1 heterocycles. The Labute approximate surface area is 116 Å². The lowest BCUT2D eigenvalue weighted by atomic mass is 10.2. The maximum Gasteiger partial charge on any atom is 0.138 e. The molecule has 0 aliphatic rings. The highest BCUT2D eigenvalue weighted by atomic mass is 32.2. The molecule has 19 heavy (non-hydrogen) atoms. The lowest BCUT2D eigenvalue weighted by molar-refractivity contribution is 0.602. The molecule has 1 aromatic carbocycles. The van der Waals surface area contributed by atoms with Crippen molar-refractivity contribution in [2.24, 2.45) is 5.73 Å². The average Bonchev–Trinajstić information content (AvgIpc) is 2.37. The number of nitrogens with two attached hydrogens (primary N) is 1. The molecule has 0 saturated heterocycles. The number of thioether (sulfide) groups is 1. The minimum absolute atomic E-state index is 0.0713. The van der Waals surface area contributed by atoms with E-state index in [1.807, 2.05) is 19.1 Å². The Kier molecular flexibility index (Phi) is 4.87. The van der Waals surface area contributed by atoms with Crippen molar-refractivity contribution < 1.29 is 4.39 Å². The summed E-state index contributed by atoms with van der Waals surface area (Å²) in [6.45, 7) is 1.94. The van der Waals surface area contributed by atoms with Crippen LogP contribution < -0.4 is 5.73 Å². The molecule has 0 fully saturated rings. The van der Waals surface area contributed by atoms with Crippen molar-refractivity contribution in [2.75, 3.05) is 0 Å². The van der Waals surface area contributed by atoms with E-state index >= 15 is 0 Å². The monoisotopic (exact) mass is 277 g/mol. The van der Waals surface area contributed by atoms with Crippen LogP contribution in [0.25, 0.3) is 0 Å². The standard InChI is InChI=1S/C14H16FN3S/c1-10(16)8-11-6-7-17-14(18-11)9-19-13-5-3-2-4-12(13)15/h2-7,10H,8-9,16H2,1H3. The van der Waals surface area contributed by atoms with Gasteiger partial charge >= 0.3 is 0 Å². The Hall–Kier alpha value is -1.46. The first-order valence-corrected chi connectivity index (χ1v) is 7.07. The number of hydrogen-bond acceptors (Lipinski definition) is 4. The highest BCUT2D eigenvalue weighted by Crippen LogP contribution is 2.23. The Morgan fingerprint density at radius 1 is 1.32 bits per heavy atom. The summed E-state index contributed by atoms with van der Waals surface area (Å²) in [7, 11) is 0. The van der Waals surface area contributed by atoms with Gasteiger partial charge in [0.1, 0.15) is 11.6 Å². The van der Waals surface area contributed by atoms with Gasteiger partial charge in [0.05, 0.1) is 5.75 Å². The third kappa shape index (κ3) is 4.29. The second kappa shape index (κ2) is 6.63.